The Hall–Kier alpha value is -2.51. The van der Waals surface area contributed by atoms with Crippen LogP contribution in [-0.2, 0) is 17.9 Å². The van der Waals surface area contributed by atoms with Gasteiger partial charge in [-0.05, 0) is 42.7 Å². The molecule has 2 aliphatic rings. The first kappa shape index (κ1) is 18.5. The molecule has 1 amide bonds. The van der Waals surface area contributed by atoms with Crippen molar-refractivity contribution in [2.45, 2.75) is 50.8 Å². The fourth-order valence-electron chi connectivity index (χ4n) is 4.16. The summed E-state index contributed by atoms with van der Waals surface area (Å²) in [5.74, 6) is 0.566. The highest BCUT2D eigenvalue weighted by molar-refractivity contribution is 7.22. The number of carbonyl (C=O) groups is 1. The number of amides is 1. The van der Waals surface area contributed by atoms with E-state index in [4.69, 9.17) is 4.98 Å². The van der Waals surface area contributed by atoms with Gasteiger partial charge in [0.15, 0.2) is 10.8 Å². The van der Waals surface area contributed by atoms with E-state index in [1.54, 1.807) is 17.5 Å². The Morgan fingerprint density at radius 1 is 1.24 bits per heavy atom. The first-order valence-electron chi connectivity index (χ1n) is 10.2. The topological polar surface area (TPSA) is 78.4 Å². The molecule has 0 unspecified atom stereocenters. The maximum atomic E-state index is 12.9. The Morgan fingerprint density at radius 2 is 2.07 bits per heavy atom. The van der Waals surface area contributed by atoms with E-state index in [1.807, 2.05) is 30.3 Å². The van der Waals surface area contributed by atoms with Crippen LogP contribution in [0.3, 0.4) is 0 Å². The Kier molecular flexibility index (Phi) is 4.93. The number of hydrogen-bond donors (Lipinski definition) is 2. The van der Waals surface area contributed by atoms with Gasteiger partial charge in [-0.3, -0.25) is 4.79 Å². The molecule has 29 heavy (non-hydrogen) atoms. The van der Waals surface area contributed by atoms with Crippen LogP contribution in [0.2, 0.25) is 0 Å². The van der Waals surface area contributed by atoms with Crippen LogP contribution < -0.4 is 10.2 Å². The molecule has 1 atom stereocenters. The molecular weight excluding hydrogens is 384 g/mol. The predicted molar refractivity (Wildman–Crippen MR) is 114 cm³/mol. The molecule has 6 nitrogen and oxygen atoms in total. The fourth-order valence-corrected chi connectivity index (χ4v) is 5.41. The summed E-state index contributed by atoms with van der Waals surface area (Å²) in [7, 11) is 0. The number of anilines is 1. The number of nitrogens with zero attached hydrogens (tertiary/aromatic N) is 3. The summed E-state index contributed by atoms with van der Waals surface area (Å²) in [6.07, 6.45) is 5.89. The normalized spacial score (nSPS) is 19.1. The van der Waals surface area contributed by atoms with Crippen LogP contribution in [-0.4, -0.2) is 33.6 Å². The molecule has 1 saturated heterocycles. The zero-order valence-electron chi connectivity index (χ0n) is 16.2. The number of nitrogens with one attached hydrogen (secondary N) is 1. The third kappa shape index (κ3) is 3.60. The smallest absolute Gasteiger partial charge is 0.243 e. The zero-order chi connectivity index (χ0) is 19.8. The zero-order valence-corrected chi connectivity index (χ0v) is 17.0. The molecular formula is C22H24N4O2S. The lowest BCUT2D eigenvalue weighted by Crippen LogP contribution is -2.43. The molecule has 7 heteroatoms. The van der Waals surface area contributed by atoms with Gasteiger partial charge < -0.3 is 15.3 Å². The van der Waals surface area contributed by atoms with Gasteiger partial charge in [0.25, 0.3) is 0 Å². The van der Waals surface area contributed by atoms with Crippen molar-refractivity contribution < 1.29 is 9.90 Å². The summed E-state index contributed by atoms with van der Waals surface area (Å²) >= 11 is 1.62. The Labute approximate surface area is 173 Å². The summed E-state index contributed by atoms with van der Waals surface area (Å²) in [4.78, 5) is 24.2. The number of aliphatic hydroxyl groups excluding tert-OH is 1. The maximum Gasteiger partial charge on any atom is 0.243 e. The second kappa shape index (κ2) is 7.72. The van der Waals surface area contributed by atoms with Gasteiger partial charge in [0.05, 0.1) is 11.3 Å². The van der Waals surface area contributed by atoms with E-state index in [0.717, 1.165) is 58.8 Å². The molecule has 1 aliphatic heterocycles. The van der Waals surface area contributed by atoms with Crippen LogP contribution >= 0.6 is 11.3 Å². The molecule has 3 heterocycles. The SMILES string of the molecule is O=C(NCc1ccccc1)[C@H]1CCCN1c1nc2ncc(CO)c(C3CC3)c2s1. The third-order valence-corrected chi connectivity index (χ3v) is 6.91. The summed E-state index contributed by atoms with van der Waals surface area (Å²) < 4.78 is 1.07. The lowest BCUT2D eigenvalue weighted by atomic mass is 10.1. The number of rotatable bonds is 6. The van der Waals surface area contributed by atoms with Crippen LogP contribution in [0.5, 0.6) is 0 Å². The number of hydrogen-bond acceptors (Lipinski definition) is 6. The fraction of sp³-hybridized carbons (Fsp3) is 0.409. The molecule has 5 rings (SSSR count). The van der Waals surface area contributed by atoms with Crippen molar-refractivity contribution in [3.05, 3.63) is 53.2 Å². The van der Waals surface area contributed by atoms with Gasteiger partial charge in [-0.1, -0.05) is 41.7 Å². The molecule has 0 bridgehead atoms. The van der Waals surface area contributed by atoms with E-state index in [1.165, 1.54) is 5.56 Å². The number of thiazole rings is 1. The van der Waals surface area contributed by atoms with Crippen molar-refractivity contribution in [3.63, 3.8) is 0 Å². The van der Waals surface area contributed by atoms with Crippen molar-refractivity contribution in [1.29, 1.82) is 0 Å². The quantitative estimate of drug-likeness (QED) is 0.654. The van der Waals surface area contributed by atoms with Crippen LogP contribution in [0.1, 0.15) is 48.3 Å². The number of aromatic nitrogens is 2. The summed E-state index contributed by atoms with van der Waals surface area (Å²) in [5, 5.41) is 13.7. The summed E-state index contributed by atoms with van der Waals surface area (Å²) in [6.45, 7) is 1.38. The van der Waals surface area contributed by atoms with Crippen LogP contribution in [0, 0.1) is 0 Å². The van der Waals surface area contributed by atoms with Gasteiger partial charge in [-0.2, -0.15) is 4.98 Å². The second-order valence-electron chi connectivity index (χ2n) is 7.83. The Morgan fingerprint density at radius 3 is 2.83 bits per heavy atom. The highest BCUT2D eigenvalue weighted by atomic mass is 32.1. The standard InChI is InChI=1S/C22H24N4O2S/c27-13-16-12-23-20-19(18(16)15-8-9-15)29-22(25-20)26-10-4-7-17(26)21(28)24-11-14-5-2-1-3-6-14/h1-3,5-6,12,15,17,27H,4,7-11,13H2,(H,24,28)/t17-/m1/s1. The van der Waals surface area contributed by atoms with E-state index in [0.29, 0.717) is 12.5 Å². The minimum Gasteiger partial charge on any atom is -0.392 e. The van der Waals surface area contributed by atoms with Crippen LogP contribution in [0.4, 0.5) is 5.13 Å². The van der Waals surface area contributed by atoms with Crippen molar-refractivity contribution >= 4 is 32.7 Å². The van der Waals surface area contributed by atoms with E-state index in [2.05, 4.69) is 15.2 Å². The number of benzene rings is 1. The minimum absolute atomic E-state index is 0.0102. The average molecular weight is 409 g/mol. The van der Waals surface area contributed by atoms with Crippen LogP contribution in [0.25, 0.3) is 10.3 Å². The van der Waals surface area contributed by atoms with E-state index in [9.17, 15) is 9.90 Å². The minimum atomic E-state index is -0.194. The van der Waals surface area contributed by atoms with Gasteiger partial charge in [0.1, 0.15) is 6.04 Å². The summed E-state index contributed by atoms with van der Waals surface area (Å²) in [6, 6.07) is 9.78. The molecule has 2 aromatic heterocycles. The Balaban J connectivity index is 1.38. The number of aliphatic hydroxyl groups is 1. The monoisotopic (exact) mass is 408 g/mol. The van der Waals surface area contributed by atoms with E-state index < -0.39 is 0 Å². The molecule has 150 valence electrons. The first-order valence-corrected chi connectivity index (χ1v) is 11.0. The summed E-state index contributed by atoms with van der Waals surface area (Å²) in [5.41, 5.74) is 3.96. The Bertz CT molecular complexity index is 1030. The highest BCUT2D eigenvalue weighted by Gasteiger charge is 2.34. The molecule has 0 radical (unpaired) electrons. The number of carbonyl (C=O) groups excluding carboxylic acids is 1. The molecule has 2 fully saturated rings. The number of pyridine rings is 1. The molecule has 1 aromatic carbocycles. The van der Waals surface area contributed by atoms with Crippen molar-refractivity contribution in [1.82, 2.24) is 15.3 Å². The lowest BCUT2D eigenvalue weighted by molar-refractivity contribution is -0.122. The molecule has 1 saturated carbocycles. The maximum absolute atomic E-state index is 12.9. The molecule has 2 N–H and O–H groups in total. The van der Waals surface area contributed by atoms with Crippen molar-refractivity contribution in [3.8, 4) is 0 Å². The van der Waals surface area contributed by atoms with Gasteiger partial charge in [0.2, 0.25) is 5.91 Å². The lowest BCUT2D eigenvalue weighted by Gasteiger charge is -2.23. The van der Waals surface area contributed by atoms with Gasteiger partial charge >= 0.3 is 0 Å². The molecule has 0 spiro atoms. The molecule has 3 aromatic rings. The highest BCUT2D eigenvalue weighted by Crippen LogP contribution is 2.47. The predicted octanol–water partition coefficient (Wildman–Crippen LogP) is 3.35. The van der Waals surface area contributed by atoms with E-state index in [-0.39, 0.29) is 18.6 Å². The van der Waals surface area contributed by atoms with Gasteiger partial charge in [-0.25, -0.2) is 4.98 Å². The average Bonchev–Trinajstić information content (AvgIpc) is 3.30. The molecule has 1 aliphatic carbocycles. The van der Waals surface area contributed by atoms with Crippen molar-refractivity contribution in [2.24, 2.45) is 0 Å². The van der Waals surface area contributed by atoms with Crippen molar-refractivity contribution in [2.75, 3.05) is 11.4 Å². The van der Waals surface area contributed by atoms with Crippen LogP contribution in [0.15, 0.2) is 36.5 Å². The number of fused-ring (bicyclic) bond motifs is 1. The largest absolute Gasteiger partial charge is 0.392 e. The first-order chi connectivity index (χ1) is 14.2. The van der Waals surface area contributed by atoms with Gasteiger partial charge in [0, 0.05) is 24.8 Å². The third-order valence-electron chi connectivity index (χ3n) is 5.80. The van der Waals surface area contributed by atoms with Gasteiger partial charge in [-0.15, -0.1) is 0 Å². The van der Waals surface area contributed by atoms with E-state index >= 15 is 0 Å². The second-order valence-corrected chi connectivity index (χ2v) is 8.81.